The summed E-state index contributed by atoms with van der Waals surface area (Å²) in [5.41, 5.74) is 1.96. The predicted octanol–water partition coefficient (Wildman–Crippen LogP) is 0.541. The number of sulfone groups is 1. The van der Waals surface area contributed by atoms with Crippen LogP contribution < -0.4 is 0 Å². The molecule has 0 aliphatic carbocycles. The number of carboxylic acid groups (broad SMARTS) is 1. The summed E-state index contributed by atoms with van der Waals surface area (Å²) in [7, 11) is -2.79. The summed E-state index contributed by atoms with van der Waals surface area (Å²) >= 11 is 0. The van der Waals surface area contributed by atoms with Gasteiger partial charge in [0.2, 0.25) is 0 Å². The van der Waals surface area contributed by atoms with Gasteiger partial charge in [0.15, 0.2) is 9.84 Å². The normalized spacial score (nSPS) is 23.7. The molecule has 0 bridgehead atoms. The molecule has 1 aromatic heterocycles. The third-order valence-corrected chi connectivity index (χ3v) is 6.54. The molecule has 3 rings (SSSR count). The fourth-order valence-corrected chi connectivity index (χ4v) is 5.30. The van der Waals surface area contributed by atoms with Crippen LogP contribution >= 0.6 is 0 Å². The second-order valence-corrected chi connectivity index (χ2v) is 8.81. The van der Waals surface area contributed by atoms with E-state index < -0.39 is 15.8 Å². The summed E-state index contributed by atoms with van der Waals surface area (Å²) in [4.78, 5) is 13.0. The number of rotatable bonds is 6. The first-order valence-electron chi connectivity index (χ1n) is 8.11. The second kappa shape index (κ2) is 6.60. The Morgan fingerprint density at radius 2 is 2.22 bits per heavy atom. The number of carbonyl (C=O) groups is 1. The smallest absolute Gasteiger partial charge is 0.303 e. The number of aryl methyl sites for hydroxylation is 1. The zero-order chi connectivity index (χ0) is 16.4. The molecule has 23 heavy (non-hydrogen) atoms. The predicted molar refractivity (Wildman–Crippen MR) is 84.8 cm³/mol. The van der Waals surface area contributed by atoms with Crippen LogP contribution in [0.1, 0.15) is 30.7 Å². The highest BCUT2D eigenvalue weighted by atomic mass is 32.2. The van der Waals surface area contributed by atoms with Crippen molar-refractivity contribution in [1.29, 1.82) is 0 Å². The van der Waals surface area contributed by atoms with Gasteiger partial charge in [0.1, 0.15) is 0 Å². The minimum atomic E-state index is -2.79. The fourth-order valence-electron chi connectivity index (χ4n) is 3.39. The Morgan fingerprint density at radius 3 is 2.91 bits per heavy atom. The number of nitrogens with zero attached hydrogens (tertiary/aromatic N) is 3. The van der Waals surface area contributed by atoms with E-state index in [1.165, 1.54) is 0 Å². The number of aromatic nitrogens is 2. The van der Waals surface area contributed by atoms with Gasteiger partial charge in [0.05, 0.1) is 35.9 Å². The molecule has 7 nitrogen and oxygen atoms in total. The lowest BCUT2D eigenvalue weighted by atomic mass is 10.0. The first-order valence-corrected chi connectivity index (χ1v) is 9.93. The molecular weight excluding hydrogens is 318 g/mol. The van der Waals surface area contributed by atoms with Crippen LogP contribution in [0.5, 0.6) is 0 Å². The van der Waals surface area contributed by atoms with E-state index in [0.29, 0.717) is 23.8 Å². The van der Waals surface area contributed by atoms with Gasteiger partial charge < -0.3 is 5.11 Å². The quantitative estimate of drug-likeness (QED) is 0.812. The van der Waals surface area contributed by atoms with Crippen molar-refractivity contribution < 1.29 is 18.3 Å². The third kappa shape index (κ3) is 4.32. The number of aliphatic carboxylic acids is 1. The van der Waals surface area contributed by atoms with Crippen molar-refractivity contribution in [1.82, 2.24) is 14.7 Å². The van der Waals surface area contributed by atoms with Crippen molar-refractivity contribution in [2.24, 2.45) is 5.92 Å². The fraction of sp³-hybridized carbons (Fsp3) is 0.733. The van der Waals surface area contributed by atoms with Gasteiger partial charge in [-0.25, -0.2) is 8.42 Å². The molecule has 8 heteroatoms. The number of hydrogen-bond donors (Lipinski definition) is 1. The van der Waals surface area contributed by atoms with Crippen LogP contribution in [-0.4, -0.2) is 58.8 Å². The van der Waals surface area contributed by atoms with Crippen LogP contribution in [0.25, 0.3) is 0 Å². The Bertz CT molecular complexity index is 683. The zero-order valence-corrected chi connectivity index (χ0v) is 14.0. The maximum absolute atomic E-state index is 11.5. The van der Waals surface area contributed by atoms with Gasteiger partial charge >= 0.3 is 5.97 Å². The molecule has 0 aromatic carbocycles. The molecule has 1 atom stereocenters. The molecule has 128 valence electrons. The average molecular weight is 341 g/mol. The largest absolute Gasteiger partial charge is 0.481 e. The van der Waals surface area contributed by atoms with Crippen molar-refractivity contribution in [2.45, 2.75) is 38.8 Å². The lowest BCUT2D eigenvalue weighted by Gasteiger charge is -2.28. The highest BCUT2D eigenvalue weighted by Gasteiger charge is 2.28. The lowest BCUT2D eigenvalue weighted by Crippen LogP contribution is -2.35. The highest BCUT2D eigenvalue weighted by molar-refractivity contribution is 7.91. The van der Waals surface area contributed by atoms with Crippen LogP contribution in [0.3, 0.4) is 0 Å². The molecule has 1 saturated heterocycles. The average Bonchev–Trinajstić information content (AvgIpc) is 3.05. The van der Waals surface area contributed by atoms with Gasteiger partial charge in [-0.05, 0) is 31.4 Å². The van der Waals surface area contributed by atoms with Gasteiger partial charge in [0.25, 0.3) is 0 Å². The second-order valence-electron chi connectivity index (χ2n) is 6.58. The van der Waals surface area contributed by atoms with E-state index in [1.807, 2.05) is 10.7 Å². The molecule has 0 radical (unpaired) electrons. The lowest BCUT2D eigenvalue weighted by molar-refractivity contribution is -0.136. The first kappa shape index (κ1) is 16.4. The van der Waals surface area contributed by atoms with Crippen molar-refractivity contribution in [3.8, 4) is 0 Å². The van der Waals surface area contributed by atoms with E-state index in [-0.39, 0.29) is 6.42 Å². The van der Waals surface area contributed by atoms with Crippen molar-refractivity contribution >= 4 is 15.8 Å². The molecule has 2 aliphatic heterocycles. The summed E-state index contributed by atoms with van der Waals surface area (Å²) in [5.74, 6) is 0.192. The SMILES string of the molecule is O=C(O)CCc1cc2n(n1)CCN(CCC1CCS(=O)(=O)C1)C2. The monoisotopic (exact) mass is 341 g/mol. The van der Waals surface area contributed by atoms with Crippen molar-refractivity contribution in [3.63, 3.8) is 0 Å². The molecule has 1 fully saturated rings. The van der Waals surface area contributed by atoms with Gasteiger partial charge in [-0.1, -0.05) is 0 Å². The molecular formula is C15H23N3O4S. The number of carboxylic acids is 1. The van der Waals surface area contributed by atoms with Gasteiger partial charge in [-0.3, -0.25) is 14.4 Å². The van der Waals surface area contributed by atoms with Crippen LogP contribution in [0, 0.1) is 5.92 Å². The van der Waals surface area contributed by atoms with E-state index in [0.717, 1.165) is 50.4 Å². The minimum absolute atomic E-state index is 0.107. The van der Waals surface area contributed by atoms with Gasteiger partial charge in [-0.15, -0.1) is 0 Å². The van der Waals surface area contributed by atoms with E-state index in [9.17, 15) is 13.2 Å². The Labute approximate surface area is 136 Å². The Hall–Kier alpha value is -1.41. The van der Waals surface area contributed by atoms with Gasteiger partial charge in [-0.2, -0.15) is 5.10 Å². The van der Waals surface area contributed by atoms with E-state index in [4.69, 9.17) is 5.11 Å². The summed E-state index contributed by atoms with van der Waals surface area (Å²) in [6.45, 7) is 3.44. The van der Waals surface area contributed by atoms with Crippen LogP contribution in [-0.2, 0) is 34.1 Å². The molecule has 0 spiro atoms. The van der Waals surface area contributed by atoms with Crippen LogP contribution in [0.15, 0.2) is 6.07 Å². The van der Waals surface area contributed by atoms with E-state index in [2.05, 4.69) is 10.00 Å². The highest BCUT2D eigenvalue weighted by Crippen LogP contribution is 2.23. The molecule has 1 aromatic rings. The molecule has 1 unspecified atom stereocenters. The Kier molecular flexibility index (Phi) is 4.72. The van der Waals surface area contributed by atoms with E-state index in [1.54, 1.807) is 0 Å². The minimum Gasteiger partial charge on any atom is -0.481 e. The molecule has 0 saturated carbocycles. The maximum Gasteiger partial charge on any atom is 0.303 e. The summed E-state index contributed by atoms with van der Waals surface area (Å²) < 4.78 is 25.0. The molecule has 1 N–H and O–H groups in total. The van der Waals surface area contributed by atoms with E-state index >= 15 is 0 Å². The maximum atomic E-state index is 11.5. The summed E-state index contributed by atoms with van der Waals surface area (Å²) in [6, 6.07) is 2.00. The Morgan fingerprint density at radius 1 is 1.39 bits per heavy atom. The zero-order valence-electron chi connectivity index (χ0n) is 13.1. The van der Waals surface area contributed by atoms with Crippen LogP contribution in [0.2, 0.25) is 0 Å². The topological polar surface area (TPSA) is 92.5 Å². The number of fused-ring (bicyclic) bond motifs is 1. The van der Waals surface area contributed by atoms with Crippen LogP contribution in [0.4, 0.5) is 0 Å². The summed E-state index contributed by atoms with van der Waals surface area (Å²) in [6.07, 6.45) is 2.30. The standard InChI is InChI=1S/C15H23N3O4S/c19-15(20)2-1-13-9-14-10-17(6-7-18(14)16-13)5-3-12-4-8-23(21,22)11-12/h9,12H,1-8,10-11H2,(H,19,20). The van der Waals surface area contributed by atoms with Gasteiger partial charge in [0, 0.05) is 19.5 Å². The Balaban J connectivity index is 1.50. The first-order chi connectivity index (χ1) is 10.9. The molecule has 2 aliphatic rings. The molecule has 0 amide bonds. The van der Waals surface area contributed by atoms with Crippen molar-refractivity contribution in [2.75, 3.05) is 24.6 Å². The number of hydrogen-bond acceptors (Lipinski definition) is 5. The third-order valence-electron chi connectivity index (χ3n) is 4.70. The summed E-state index contributed by atoms with van der Waals surface area (Å²) in [5, 5.41) is 13.2. The van der Waals surface area contributed by atoms with Crippen molar-refractivity contribution in [3.05, 3.63) is 17.5 Å². The molecule has 3 heterocycles.